The van der Waals surface area contributed by atoms with Gasteiger partial charge in [-0.2, -0.15) is 18.3 Å². The standard InChI is InChI=1S/C22H12Cl3F3N2.H3NO2S/c23-17-10-15(11-18(24)21(17)25)13-6-8-14(9-7-13)19-12-20(22(26,27)28)29-30(19)16-4-2-1-3-5-16;1-4(2)3/h1-12H;4H,(H2,1,2,3). The largest absolute Gasteiger partial charge is 0.435 e. The second kappa shape index (κ2) is 10.8. The number of hydrogen-bond acceptors (Lipinski definition) is 3. The molecule has 4 aromatic rings. The van der Waals surface area contributed by atoms with E-state index < -0.39 is 22.8 Å². The molecule has 0 atom stereocenters. The molecular weight excluding hydrogens is 534 g/mol. The molecule has 12 heteroatoms. The van der Waals surface area contributed by atoms with Crippen molar-refractivity contribution in [2.45, 2.75) is 6.18 Å². The summed E-state index contributed by atoms with van der Waals surface area (Å²) < 4.78 is 58.8. The van der Waals surface area contributed by atoms with Crippen molar-refractivity contribution in [1.29, 1.82) is 0 Å². The van der Waals surface area contributed by atoms with Crippen LogP contribution in [0.15, 0.2) is 72.8 Å². The maximum atomic E-state index is 13.3. The second-order valence-corrected chi connectivity index (χ2v) is 8.54. The second-order valence-electron chi connectivity index (χ2n) is 6.78. The molecule has 4 rings (SSSR count). The SMILES string of the molecule is FC(F)(F)c1cc(-c2ccc(-c3cc(Cl)c(Cl)c(Cl)c3)cc2)n(-c2ccccc2)n1.N[SH](=O)=O. The summed E-state index contributed by atoms with van der Waals surface area (Å²) in [6.07, 6.45) is -4.55. The molecule has 0 aliphatic carbocycles. The van der Waals surface area contributed by atoms with Gasteiger partial charge in [0.25, 0.3) is 0 Å². The topological polar surface area (TPSA) is 78.0 Å². The van der Waals surface area contributed by atoms with Crippen LogP contribution >= 0.6 is 34.8 Å². The Morgan fingerprint density at radius 3 is 1.79 bits per heavy atom. The monoisotopic (exact) mass is 547 g/mol. The highest BCUT2D eigenvalue weighted by molar-refractivity contribution is 7.69. The van der Waals surface area contributed by atoms with Gasteiger partial charge in [0.1, 0.15) is 0 Å². The first kappa shape index (κ1) is 26.1. The minimum atomic E-state index is -4.55. The van der Waals surface area contributed by atoms with E-state index in [2.05, 4.69) is 10.2 Å². The maximum absolute atomic E-state index is 13.3. The number of hydrogen-bond donors (Lipinski definition) is 2. The van der Waals surface area contributed by atoms with E-state index in [1.54, 1.807) is 66.7 Å². The molecule has 0 spiro atoms. The van der Waals surface area contributed by atoms with Gasteiger partial charge in [0, 0.05) is 5.56 Å². The number of alkyl halides is 3. The molecule has 0 saturated carbocycles. The van der Waals surface area contributed by atoms with Crippen molar-refractivity contribution in [3.05, 3.63) is 93.6 Å². The Morgan fingerprint density at radius 2 is 1.29 bits per heavy atom. The number of nitrogens with zero attached hydrogens (tertiary/aromatic N) is 2. The molecule has 0 saturated heterocycles. The zero-order chi connectivity index (χ0) is 25.0. The van der Waals surface area contributed by atoms with E-state index in [0.717, 1.165) is 17.2 Å². The number of benzene rings is 3. The van der Waals surface area contributed by atoms with Gasteiger partial charge in [0.05, 0.1) is 26.4 Å². The van der Waals surface area contributed by atoms with Crippen LogP contribution in [-0.4, -0.2) is 18.2 Å². The van der Waals surface area contributed by atoms with E-state index in [0.29, 0.717) is 27.0 Å². The third-order valence-corrected chi connectivity index (χ3v) is 5.70. The number of nitrogens with two attached hydrogens (primary N) is 1. The Kier molecular flexibility index (Phi) is 8.27. The molecule has 3 aromatic carbocycles. The van der Waals surface area contributed by atoms with Gasteiger partial charge in [-0.05, 0) is 41.5 Å². The Bertz CT molecular complexity index is 1340. The van der Waals surface area contributed by atoms with Crippen molar-refractivity contribution in [1.82, 2.24) is 9.78 Å². The number of aromatic nitrogens is 2. The Morgan fingerprint density at radius 1 is 0.794 bits per heavy atom. The van der Waals surface area contributed by atoms with Gasteiger partial charge in [0.2, 0.25) is 0 Å². The van der Waals surface area contributed by atoms with Crippen LogP contribution in [0.4, 0.5) is 13.2 Å². The lowest BCUT2D eigenvalue weighted by Gasteiger charge is -2.09. The van der Waals surface area contributed by atoms with Crippen LogP contribution in [0.1, 0.15) is 5.69 Å². The van der Waals surface area contributed by atoms with Gasteiger partial charge in [-0.25, -0.2) is 18.2 Å². The Balaban J connectivity index is 0.000000751. The summed E-state index contributed by atoms with van der Waals surface area (Å²) in [5.41, 5.74) is 2.02. The molecule has 5 nitrogen and oxygen atoms in total. The molecule has 0 bridgehead atoms. The van der Waals surface area contributed by atoms with Gasteiger partial charge in [0.15, 0.2) is 16.6 Å². The maximum Gasteiger partial charge on any atom is 0.435 e. The predicted octanol–water partition coefficient (Wildman–Crippen LogP) is 6.66. The number of rotatable bonds is 3. The lowest BCUT2D eigenvalue weighted by molar-refractivity contribution is -0.141. The van der Waals surface area contributed by atoms with E-state index in [4.69, 9.17) is 43.2 Å². The van der Waals surface area contributed by atoms with Gasteiger partial charge in [-0.3, -0.25) is 0 Å². The Labute approximate surface area is 209 Å². The van der Waals surface area contributed by atoms with Crippen LogP contribution in [0.25, 0.3) is 28.1 Å². The van der Waals surface area contributed by atoms with Gasteiger partial charge < -0.3 is 0 Å². The summed E-state index contributed by atoms with van der Waals surface area (Å²) in [6, 6.07) is 20.1. The molecule has 0 fully saturated rings. The minimum absolute atomic E-state index is 0.269. The number of thiol groups is 1. The molecule has 0 unspecified atom stereocenters. The zero-order valence-electron chi connectivity index (χ0n) is 16.9. The smallest absolute Gasteiger partial charge is 0.233 e. The van der Waals surface area contributed by atoms with Crippen molar-refractivity contribution in [2.24, 2.45) is 5.14 Å². The Hall–Kier alpha value is -2.56. The third-order valence-electron chi connectivity index (χ3n) is 4.50. The van der Waals surface area contributed by atoms with E-state index in [1.165, 1.54) is 4.68 Å². The van der Waals surface area contributed by atoms with Crippen molar-refractivity contribution < 1.29 is 21.6 Å². The fourth-order valence-electron chi connectivity index (χ4n) is 3.05. The molecule has 34 heavy (non-hydrogen) atoms. The van der Waals surface area contributed by atoms with E-state index in [-0.39, 0.29) is 5.02 Å². The lowest BCUT2D eigenvalue weighted by atomic mass is 10.0. The van der Waals surface area contributed by atoms with E-state index in [9.17, 15) is 13.2 Å². The molecule has 0 aliphatic rings. The molecule has 0 amide bonds. The fourth-order valence-corrected chi connectivity index (χ4v) is 3.64. The third kappa shape index (κ3) is 6.31. The molecule has 178 valence electrons. The van der Waals surface area contributed by atoms with Crippen LogP contribution in [0, 0.1) is 0 Å². The van der Waals surface area contributed by atoms with Crippen molar-refractivity contribution >= 4 is 45.7 Å². The van der Waals surface area contributed by atoms with Gasteiger partial charge in [-0.1, -0.05) is 77.3 Å². The summed E-state index contributed by atoms with van der Waals surface area (Å²) in [4.78, 5) is 0. The molecular formula is C22H15Cl3F3N3O2S. The van der Waals surface area contributed by atoms with E-state index >= 15 is 0 Å². The highest BCUT2D eigenvalue weighted by Gasteiger charge is 2.35. The van der Waals surface area contributed by atoms with Crippen molar-refractivity contribution in [3.63, 3.8) is 0 Å². The quantitative estimate of drug-likeness (QED) is 0.222. The number of halogens is 6. The first-order valence-corrected chi connectivity index (χ1v) is 11.7. The summed E-state index contributed by atoms with van der Waals surface area (Å²) in [7, 11) is -2.62. The molecule has 1 heterocycles. The first-order valence-electron chi connectivity index (χ1n) is 9.34. The lowest BCUT2D eigenvalue weighted by Crippen LogP contribution is -2.07. The molecule has 2 N–H and O–H groups in total. The molecule has 0 radical (unpaired) electrons. The summed E-state index contributed by atoms with van der Waals surface area (Å²) in [6.45, 7) is 0. The van der Waals surface area contributed by atoms with Gasteiger partial charge in [-0.15, -0.1) is 0 Å². The molecule has 0 aliphatic heterocycles. The van der Waals surface area contributed by atoms with Gasteiger partial charge >= 0.3 is 6.18 Å². The van der Waals surface area contributed by atoms with Crippen molar-refractivity contribution in [2.75, 3.05) is 0 Å². The molecule has 1 aromatic heterocycles. The normalized spacial score (nSPS) is 11.3. The highest BCUT2D eigenvalue weighted by atomic mass is 35.5. The fraction of sp³-hybridized carbons (Fsp3) is 0.0455. The summed E-state index contributed by atoms with van der Waals surface area (Å²) in [5, 5.41) is 8.76. The average Bonchev–Trinajstić information content (AvgIpc) is 3.24. The van der Waals surface area contributed by atoms with Crippen LogP contribution in [0.3, 0.4) is 0 Å². The average molecular weight is 549 g/mol. The van der Waals surface area contributed by atoms with Crippen LogP contribution < -0.4 is 5.14 Å². The first-order chi connectivity index (χ1) is 16.0. The van der Waals surface area contributed by atoms with Crippen LogP contribution in [0.5, 0.6) is 0 Å². The number of para-hydroxylation sites is 1. The zero-order valence-corrected chi connectivity index (χ0v) is 20.1. The van der Waals surface area contributed by atoms with Crippen LogP contribution in [0.2, 0.25) is 15.1 Å². The summed E-state index contributed by atoms with van der Waals surface area (Å²) in [5.74, 6) is 0. The minimum Gasteiger partial charge on any atom is -0.233 e. The van der Waals surface area contributed by atoms with E-state index in [1.807, 2.05) is 0 Å². The van der Waals surface area contributed by atoms with Crippen molar-refractivity contribution in [3.8, 4) is 28.1 Å². The predicted molar refractivity (Wildman–Crippen MR) is 129 cm³/mol. The van der Waals surface area contributed by atoms with Crippen LogP contribution in [-0.2, 0) is 17.1 Å². The highest BCUT2D eigenvalue weighted by Crippen LogP contribution is 2.37. The summed E-state index contributed by atoms with van der Waals surface area (Å²) >= 11 is 18.2.